The van der Waals surface area contributed by atoms with Crippen molar-refractivity contribution in [2.24, 2.45) is 5.92 Å². The molecule has 12 heteroatoms. The average Bonchev–Trinajstić information content (AvgIpc) is 3.24. The molecule has 1 heterocycles. The van der Waals surface area contributed by atoms with Gasteiger partial charge in [0.2, 0.25) is 21.8 Å². The van der Waals surface area contributed by atoms with Gasteiger partial charge in [0.25, 0.3) is 11.8 Å². The standard InChI is InChI=1S/C33H38N4O7S/c1-22(2)20-36(45(43,44)26-15-13-25(14-16-26)34-23(3)38)21-30(39)29(19-24-9-5-4-6-10-24)35-31(40)17-18-37-32(41)27-11-7-8-12-28(27)33(37)42/h4-16,22,29-30,39H,17-21H2,1-3H3,(H,34,38)(H,35,40)/t29-,30+/m0/s1. The number of aliphatic hydroxyl groups excluding tert-OH is 1. The first-order valence-corrected chi connectivity index (χ1v) is 16.1. The summed E-state index contributed by atoms with van der Waals surface area (Å²) in [7, 11) is -4.06. The van der Waals surface area contributed by atoms with Crippen molar-refractivity contribution in [3.05, 3.63) is 95.6 Å². The highest BCUT2D eigenvalue weighted by Crippen LogP contribution is 2.23. The number of carbonyl (C=O) groups is 4. The Kier molecular flexibility index (Phi) is 10.9. The second-order valence-electron chi connectivity index (χ2n) is 11.4. The Hall–Kier alpha value is -4.39. The maximum atomic E-state index is 13.7. The van der Waals surface area contributed by atoms with Crippen molar-refractivity contribution in [1.29, 1.82) is 0 Å². The third-order valence-electron chi connectivity index (χ3n) is 7.32. The van der Waals surface area contributed by atoms with Crippen molar-refractivity contribution in [3.8, 4) is 0 Å². The highest BCUT2D eigenvalue weighted by atomic mass is 32.2. The maximum Gasteiger partial charge on any atom is 0.261 e. The lowest BCUT2D eigenvalue weighted by molar-refractivity contribution is -0.122. The highest BCUT2D eigenvalue weighted by Gasteiger charge is 2.36. The molecule has 3 aromatic carbocycles. The van der Waals surface area contributed by atoms with E-state index in [0.717, 1.165) is 10.5 Å². The van der Waals surface area contributed by atoms with Gasteiger partial charge in [-0.3, -0.25) is 24.1 Å². The molecular formula is C33H38N4O7S. The number of carbonyl (C=O) groups excluding carboxylic acids is 4. The van der Waals surface area contributed by atoms with Gasteiger partial charge in [0.1, 0.15) is 0 Å². The number of rotatable bonds is 14. The minimum atomic E-state index is -4.06. The summed E-state index contributed by atoms with van der Waals surface area (Å²) in [5.41, 5.74) is 1.84. The number of anilines is 1. The van der Waals surface area contributed by atoms with Gasteiger partial charge in [0.15, 0.2) is 0 Å². The molecule has 0 saturated heterocycles. The largest absolute Gasteiger partial charge is 0.390 e. The van der Waals surface area contributed by atoms with Crippen LogP contribution in [0.5, 0.6) is 0 Å². The highest BCUT2D eigenvalue weighted by molar-refractivity contribution is 7.89. The van der Waals surface area contributed by atoms with Crippen LogP contribution in [0.3, 0.4) is 0 Å². The Morgan fingerprint density at radius 2 is 1.44 bits per heavy atom. The van der Waals surface area contributed by atoms with Gasteiger partial charge in [-0.2, -0.15) is 4.31 Å². The SMILES string of the molecule is CC(=O)Nc1ccc(S(=O)(=O)N(CC(C)C)C[C@@H](O)[C@H](Cc2ccccc2)NC(=O)CCN2C(=O)c3ccccc3C2=O)cc1. The molecule has 0 unspecified atom stereocenters. The van der Waals surface area contributed by atoms with Gasteiger partial charge in [-0.25, -0.2) is 8.42 Å². The number of benzene rings is 3. The maximum absolute atomic E-state index is 13.7. The summed E-state index contributed by atoms with van der Waals surface area (Å²) in [6, 6.07) is 20.5. The number of hydrogen-bond acceptors (Lipinski definition) is 7. The lowest BCUT2D eigenvalue weighted by Gasteiger charge is -2.31. The first kappa shape index (κ1) is 33.5. The van der Waals surface area contributed by atoms with Crippen molar-refractivity contribution in [2.75, 3.05) is 25.0 Å². The number of nitrogens with zero attached hydrogens (tertiary/aromatic N) is 2. The van der Waals surface area contributed by atoms with Gasteiger partial charge in [-0.1, -0.05) is 56.3 Å². The lowest BCUT2D eigenvalue weighted by Crippen LogP contribution is -2.51. The van der Waals surface area contributed by atoms with Crippen LogP contribution in [0.15, 0.2) is 83.8 Å². The predicted octanol–water partition coefficient (Wildman–Crippen LogP) is 3.07. The van der Waals surface area contributed by atoms with E-state index >= 15 is 0 Å². The van der Waals surface area contributed by atoms with E-state index in [4.69, 9.17) is 0 Å². The van der Waals surface area contributed by atoms with Gasteiger partial charge in [0, 0.05) is 38.7 Å². The van der Waals surface area contributed by atoms with E-state index < -0.39 is 39.9 Å². The smallest absolute Gasteiger partial charge is 0.261 e. The van der Waals surface area contributed by atoms with Crippen LogP contribution < -0.4 is 10.6 Å². The molecule has 1 aliphatic rings. The van der Waals surface area contributed by atoms with E-state index in [1.807, 2.05) is 44.2 Å². The van der Waals surface area contributed by atoms with Crippen LogP contribution in [0.25, 0.3) is 0 Å². The van der Waals surface area contributed by atoms with Gasteiger partial charge in [-0.05, 0) is 54.3 Å². The molecule has 0 bridgehead atoms. The Labute approximate surface area is 263 Å². The zero-order valence-electron chi connectivity index (χ0n) is 25.5. The number of sulfonamides is 1. The fraction of sp³-hybridized carbons (Fsp3) is 0.333. The van der Waals surface area contributed by atoms with Crippen LogP contribution in [0.4, 0.5) is 5.69 Å². The van der Waals surface area contributed by atoms with Crippen molar-refractivity contribution in [3.63, 3.8) is 0 Å². The number of aliphatic hydroxyl groups is 1. The second-order valence-corrected chi connectivity index (χ2v) is 13.3. The van der Waals surface area contributed by atoms with E-state index in [2.05, 4.69) is 10.6 Å². The van der Waals surface area contributed by atoms with Crippen molar-refractivity contribution >= 4 is 39.3 Å². The summed E-state index contributed by atoms with van der Waals surface area (Å²) in [4.78, 5) is 51.0. The first-order chi connectivity index (χ1) is 21.4. The van der Waals surface area contributed by atoms with Crippen LogP contribution in [-0.4, -0.2) is 78.1 Å². The molecule has 238 valence electrons. The second kappa shape index (κ2) is 14.6. The third-order valence-corrected chi connectivity index (χ3v) is 9.17. The number of fused-ring (bicyclic) bond motifs is 1. The van der Waals surface area contributed by atoms with E-state index in [0.29, 0.717) is 5.69 Å². The van der Waals surface area contributed by atoms with E-state index in [1.165, 1.54) is 35.5 Å². The molecule has 0 radical (unpaired) electrons. The van der Waals surface area contributed by atoms with Gasteiger partial charge < -0.3 is 15.7 Å². The Morgan fingerprint density at radius 1 is 0.867 bits per heavy atom. The zero-order valence-corrected chi connectivity index (χ0v) is 26.3. The molecule has 4 rings (SSSR count). The number of nitrogens with one attached hydrogen (secondary N) is 2. The van der Waals surface area contributed by atoms with Gasteiger partial charge >= 0.3 is 0 Å². The summed E-state index contributed by atoms with van der Waals surface area (Å²) in [5, 5.41) is 16.9. The predicted molar refractivity (Wildman–Crippen MR) is 169 cm³/mol. The van der Waals surface area contributed by atoms with Gasteiger partial charge in [0.05, 0.1) is 28.2 Å². The molecule has 0 fully saturated rings. The molecule has 0 aromatic heterocycles. The fourth-order valence-electron chi connectivity index (χ4n) is 5.16. The number of imide groups is 1. The third kappa shape index (κ3) is 8.41. The molecule has 2 atom stereocenters. The topological polar surface area (TPSA) is 153 Å². The van der Waals surface area contributed by atoms with E-state index in [9.17, 15) is 32.7 Å². The number of hydrogen-bond donors (Lipinski definition) is 3. The molecule has 45 heavy (non-hydrogen) atoms. The van der Waals surface area contributed by atoms with E-state index in [1.54, 1.807) is 24.3 Å². The number of amides is 4. The van der Waals surface area contributed by atoms with Crippen molar-refractivity contribution < 1.29 is 32.7 Å². The van der Waals surface area contributed by atoms with Crippen molar-refractivity contribution in [1.82, 2.24) is 14.5 Å². The van der Waals surface area contributed by atoms with Crippen LogP contribution in [0, 0.1) is 5.92 Å². The lowest BCUT2D eigenvalue weighted by atomic mass is 10.0. The molecule has 4 amide bonds. The Bertz CT molecular complexity index is 1610. The summed E-state index contributed by atoms with van der Waals surface area (Å²) in [5.74, 6) is -1.80. The minimum absolute atomic E-state index is 0.00552. The zero-order chi connectivity index (χ0) is 32.7. The molecule has 1 aliphatic heterocycles. The van der Waals surface area contributed by atoms with E-state index in [-0.39, 0.29) is 60.3 Å². The summed E-state index contributed by atoms with van der Waals surface area (Å²) < 4.78 is 28.6. The fourth-order valence-corrected chi connectivity index (χ4v) is 6.78. The van der Waals surface area contributed by atoms with Crippen LogP contribution in [0.1, 0.15) is 53.5 Å². The molecule has 3 N–H and O–H groups in total. The molecule has 11 nitrogen and oxygen atoms in total. The van der Waals surface area contributed by atoms with Crippen LogP contribution >= 0.6 is 0 Å². The average molecular weight is 635 g/mol. The molecule has 0 saturated carbocycles. The first-order valence-electron chi connectivity index (χ1n) is 14.7. The molecule has 0 spiro atoms. The normalized spacial score (nSPS) is 14.4. The molecular weight excluding hydrogens is 596 g/mol. The van der Waals surface area contributed by atoms with Crippen molar-refractivity contribution in [2.45, 2.75) is 50.7 Å². The Balaban J connectivity index is 1.50. The van der Waals surface area contributed by atoms with Crippen LogP contribution in [0.2, 0.25) is 0 Å². The monoisotopic (exact) mass is 634 g/mol. The minimum Gasteiger partial charge on any atom is -0.390 e. The Morgan fingerprint density at radius 3 is 2.00 bits per heavy atom. The summed E-state index contributed by atoms with van der Waals surface area (Å²) in [6.45, 7) is 4.73. The van der Waals surface area contributed by atoms with Crippen LogP contribution in [-0.2, 0) is 26.0 Å². The summed E-state index contributed by atoms with van der Waals surface area (Å²) in [6.07, 6.45) is -1.29. The summed E-state index contributed by atoms with van der Waals surface area (Å²) >= 11 is 0. The quantitative estimate of drug-likeness (QED) is 0.231. The molecule has 3 aromatic rings. The molecule has 0 aliphatic carbocycles. The van der Waals surface area contributed by atoms with Gasteiger partial charge in [-0.15, -0.1) is 0 Å².